The van der Waals surface area contributed by atoms with Crippen LogP contribution in [0.15, 0.2) is 57.7 Å². The van der Waals surface area contributed by atoms with Gasteiger partial charge >= 0.3 is 0 Å². The molecule has 2 aromatic carbocycles. The second-order valence-corrected chi connectivity index (χ2v) is 9.75. The van der Waals surface area contributed by atoms with Crippen LogP contribution < -0.4 is 4.80 Å². The van der Waals surface area contributed by atoms with E-state index in [1.807, 2.05) is 68.1 Å². The van der Waals surface area contributed by atoms with Gasteiger partial charge in [-0.3, -0.25) is 0 Å². The Morgan fingerprint density at radius 2 is 1.80 bits per heavy atom. The fourth-order valence-corrected chi connectivity index (χ4v) is 5.96. The molecule has 162 valence electrons. The summed E-state index contributed by atoms with van der Waals surface area (Å²) in [4.78, 5) is 5.72. The van der Waals surface area contributed by atoms with Gasteiger partial charge in [0.2, 0.25) is 10.0 Å². The van der Waals surface area contributed by atoms with E-state index in [1.165, 1.54) is 15.6 Å². The quantitative estimate of drug-likeness (QED) is 0.419. The van der Waals surface area contributed by atoms with E-state index < -0.39 is 10.0 Å². The summed E-state index contributed by atoms with van der Waals surface area (Å²) < 4.78 is 29.3. The van der Waals surface area contributed by atoms with Crippen LogP contribution in [0.5, 0.6) is 0 Å². The number of halogens is 2. The second-order valence-electron chi connectivity index (χ2n) is 6.60. The number of hydrogen-bond donors (Lipinski definition) is 0. The fourth-order valence-electron chi connectivity index (χ4n) is 3.09. The monoisotopic (exact) mass is 529 g/mol. The molecule has 0 saturated heterocycles. The van der Waals surface area contributed by atoms with Gasteiger partial charge in [-0.15, -0.1) is 28.3 Å². The van der Waals surface area contributed by atoms with Crippen molar-refractivity contribution in [3.05, 3.63) is 63.2 Å². The molecule has 0 aliphatic rings. The molecule has 0 saturated carbocycles. The van der Waals surface area contributed by atoms with Crippen molar-refractivity contribution in [1.29, 1.82) is 0 Å². The summed E-state index contributed by atoms with van der Waals surface area (Å²) in [7, 11) is -1.72. The Morgan fingerprint density at radius 1 is 1.13 bits per heavy atom. The number of thiazole rings is 1. The average Bonchev–Trinajstić information content (AvgIpc) is 3.05. The number of benzene rings is 2. The van der Waals surface area contributed by atoms with E-state index in [2.05, 4.69) is 0 Å². The Hall–Kier alpha value is -1.45. The van der Waals surface area contributed by atoms with Crippen LogP contribution >= 0.6 is 39.9 Å². The average molecular weight is 531 g/mol. The van der Waals surface area contributed by atoms with Gasteiger partial charge in [-0.25, -0.2) is 13.4 Å². The molecule has 0 N–H and O–H groups in total. The van der Waals surface area contributed by atoms with E-state index in [0.29, 0.717) is 13.1 Å². The lowest BCUT2D eigenvalue weighted by Gasteiger charge is -2.19. The lowest BCUT2D eigenvalue weighted by Crippen LogP contribution is -2.30. The van der Waals surface area contributed by atoms with Gasteiger partial charge in [-0.05, 0) is 30.7 Å². The molecule has 3 rings (SSSR count). The standard InChI is InChI=1S/C21H24ClN3O2S2.BrH/c1-5-25(6-2)29(26,27)20-13-16(11-12-17(20)22)19-14-28-21(24(19)4)23-18-10-8-7-9-15(18)3;/h7-14H,5-6H2,1-4H3;1H/b23-21+;. The highest BCUT2D eigenvalue weighted by Gasteiger charge is 2.25. The summed E-state index contributed by atoms with van der Waals surface area (Å²) >= 11 is 7.78. The largest absolute Gasteiger partial charge is 0.320 e. The zero-order chi connectivity index (χ0) is 21.2. The van der Waals surface area contributed by atoms with Crippen LogP contribution in [0.25, 0.3) is 11.3 Å². The molecule has 30 heavy (non-hydrogen) atoms. The summed E-state index contributed by atoms with van der Waals surface area (Å²) in [5.74, 6) is 0. The molecule has 9 heteroatoms. The summed E-state index contributed by atoms with van der Waals surface area (Å²) in [6, 6.07) is 13.1. The number of para-hydroxylation sites is 1. The number of hydrogen-bond acceptors (Lipinski definition) is 4. The molecular formula is C21H25BrClN3O2S2. The topological polar surface area (TPSA) is 54.7 Å². The van der Waals surface area contributed by atoms with Crippen molar-refractivity contribution in [2.45, 2.75) is 25.7 Å². The van der Waals surface area contributed by atoms with E-state index >= 15 is 0 Å². The molecule has 1 heterocycles. The maximum absolute atomic E-state index is 13.0. The summed E-state index contributed by atoms with van der Waals surface area (Å²) in [6.07, 6.45) is 0. The van der Waals surface area contributed by atoms with Crippen molar-refractivity contribution in [3.63, 3.8) is 0 Å². The number of nitrogens with zero attached hydrogens (tertiary/aromatic N) is 3. The van der Waals surface area contributed by atoms with Crippen LogP contribution in [0.2, 0.25) is 5.02 Å². The molecule has 5 nitrogen and oxygen atoms in total. The molecule has 1 aromatic heterocycles. The van der Waals surface area contributed by atoms with Crippen LogP contribution in [-0.4, -0.2) is 30.4 Å². The molecule has 0 amide bonds. The van der Waals surface area contributed by atoms with E-state index in [4.69, 9.17) is 16.6 Å². The molecule has 3 aromatic rings. The van der Waals surface area contributed by atoms with Gasteiger partial charge in [0.25, 0.3) is 0 Å². The van der Waals surface area contributed by atoms with Crippen LogP contribution in [-0.2, 0) is 17.1 Å². The molecular weight excluding hydrogens is 506 g/mol. The molecule has 0 unspecified atom stereocenters. The third-order valence-corrected chi connectivity index (χ3v) is 8.25. The van der Waals surface area contributed by atoms with Crippen molar-refractivity contribution in [2.75, 3.05) is 13.1 Å². The third-order valence-electron chi connectivity index (χ3n) is 4.81. The molecule has 0 aliphatic heterocycles. The number of aryl methyl sites for hydroxylation is 1. The van der Waals surface area contributed by atoms with Gasteiger partial charge in [0.05, 0.1) is 16.4 Å². The van der Waals surface area contributed by atoms with Gasteiger partial charge in [-0.1, -0.05) is 49.7 Å². The molecule has 0 bridgehead atoms. The van der Waals surface area contributed by atoms with Crippen LogP contribution in [0, 0.1) is 6.92 Å². The maximum atomic E-state index is 13.0. The Bertz CT molecular complexity index is 1200. The Labute approximate surface area is 197 Å². The first-order valence-corrected chi connectivity index (χ1v) is 12.0. The Morgan fingerprint density at radius 3 is 2.43 bits per heavy atom. The highest BCUT2D eigenvalue weighted by Crippen LogP contribution is 2.30. The first-order chi connectivity index (χ1) is 13.8. The minimum atomic E-state index is -3.65. The smallest absolute Gasteiger partial charge is 0.244 e. The lowest BCUT2D eigenvalue weighted by atomic mass is 10.2. The number of aromatic nitrogens is 1. The molecule has 0 atom stereocenters. The first-order valence-electron chi connectivity index (χ1n) is 9.34. The van der Waals surface area contributed by atoms with Crippen LogP contribution in [0.4, 0.5) is 5.69 Å². The third kappa shape index (κ3) is 4.89. The molecule has 0 radical (unpaired) electrons. The number of rotatable bonds is 6. The Kier molecular flexibility index (Phi) is 8.47. The lowest BCUT2D eigenvalue weighted by molar-refractivity contribution is 0.445. The van der Waals surface area contributed by atoms with E-state index in [0.717, 1.165) is 27.3 Å². The molecule has 0 fully saturated rings. The van der Waals surface area contributed by atoms with Gasteiger partial charge in [0.15, 0.2) is 4.80 Å². The second kappa shape index (κ2) is 10.2. The summed E-state index contributed by atoms with van der Waals surface area (Å²) in [6.45, 7) is 6.45. The van der Waals surface area contributed by atoms with Crippen molar-refractivity contribution >= 4 is 55.6 Å². The van der Waals surface area contributed by atoms with E-state index in [-0.39, 0.29) is 26.9 Å². The summed E-state index contributed by atoms with van der Waals surface area (Å²) in [5.41, 5.74) is 3.68. The van der Waals surface area contributed by atoms with Crippen LogP contribution in [0.3, 0.4) is 0 Å². The highest BCUT2D eigenvalue weighted by molar-refractivity contribution is 8.93. The Balaban J connectivity index is 0.00000320. The minimum Gasteiger partial charge on any atom is -0.320 e. The van der Waals surface area contributed by atoms with Gasteiger partial charge < -0.3 is 4.57 Å². The number of sulfonamides is 1. The van der Waals surface area contributed by atoms with Gasteiger partial charge in [-0.2, -0.15) is 4.31 Å². The molecule has 0 spiro atoms. The maximum Gasteiger partial charge on any atom is 0.244 e. The van der Waals surface area contributed by atoms with E-state index in [9.17, 15) is 8.42 Å². The zero-order valence-corrected chi connectivity index (χ0v) is 21.4. The van der Waals surface area contributed by atoms with Gasteiger partial charge in [0, 0.05) is 31.1 Å². The van der Waals surface area contributed by atoms with Crippen molar-refractivity contribution in [3.8, 4) is 11.3 Å². The van der Waals surface area contributed by atoms with E-state index in [1.54, 1.807) is 12.1 Å². The predicted molar refractivity (Wildman–Crippen MR) is 131 cm³/mol. The SMILES string of the molecule is Br.CCN(CC)S(=O)(=O)c1cc(-c2cs/c(=N/c3ccccc3C)n2C)ccc1Cl. The van der Waals surface area contributed by atoms with Gasteiger partial charge in [0.1, 0.15) is 4.90 Å². The predicted octanol–water partition coefficient (Wildman–Crippen LogP) is 5.56. The molecule has 0 aliphatic carbocycles. The van der Waals surface area contributed by atoms with Crippen molar-refractivity contribution in [2.24, 2.45) is 12.0 Å². The normalized spacial score (nSPS) is 12.3. The zero-order valence-electron chi connectivity index (χ0n) is 17.3. The van der Waals surface area contributed by atoms with Crippen LogP contribution in [0.1, 0.15) is 19.4 Å². The first kappa shape index (κ1) is 24.8. The summed E-state index contributed by atoms with van der Waals surface area (Å²) in [5, 5.41) is 2.21. The fraction of sp³-hybridized carbons (Fsp3) is 0.286. The van der Waals surface area contributed by atoms with Crippen molar-refractivity contribution in [1.82, 2.24) is 8.87 Å². The minimum absolute atomic E-state index is 0. The highest BCUT2D eigenvalue weighted by atomic mass is 79.9. The van der Waals surface area contributed by atoms with Crippen molar-refractivity contribution < 1.29 is 8.42 Å².